The van der Waals surface area contributed by atoms with Crippen molar-refractivity contribution < 1.29 is 5.11 Å². The molecule has 1 saturated heterocycles. The van der Waals surface area contributed by atoms with Crippen molar-refractivity contribution in [2.75, 3.05) is 49.5 Å². The summed E-state index contributed by atoms with van der Waals surface area (Å²) >= 11 is 0. The van der Waals surface area contributed by atoms with Crippen molar-refractivity contribution >= 4 is 11.6 Å². The summed E-state index contributed by atoms with van der Waals surface area (Å²) in [4.78, 5) is 13.3. The van der Waals surface area contributed by atoms with Crippen LogP contribution in [-0.4, -0.2) is 65.3 Å². The molecule has 1 saturated carbocycles. The van der Waals surface area contributed by atoms with Gasteiger partial charge in [-0.15, -0.1) is 0 Å². The SMILES string of the molecule is C[C@@H](O)CN1CCN(c2cc(NCC3CC3)ncn2)CC1. The van der Waals surface area contributed by atoms with E-state index in [9.17, 15) is 5.11 Å². The van der Waals surface area contributed by atoms with E-state index in [2.05, 4.69) is 25.1 Å². The highest BCUT2D eigenvalue weighted by molar-refractivity contribution is 5.48. The van der Waals surface area contributed by atoms with Crippen LogP contribution < -0.4 is 10.2 Å². The number of hydrogen-bond donors (Lipinski definition) is 2. The van der Waals surface area contributed by atoms with E-state index in [0.29, 0.717) is 0 Å². The maximum atomic E-state index is 9.45. The summed E-state index contributed by atoms with van der Waals surface area (Å²) < 4.78 is 0. The van der Waals surface area contributed by atoms with Crippen LogP contribution in [0.25, 0.3) is 0 Å². The molecule has 2 heterocycles. The number of piperazine rings is 1. The Bertz CT molecular complexity index is 455. The number of nitrogens with zero attached hydrogens (tertiary/aromatic N) is 4. The van der Waals surface area contributed by atoms with Crippen molar-refractivity contribution in [3.8, 4) is 0 Å². The Morgan fingerprint density at radius 2 is 2.05 bits per heavy atom. The summed E-state index contributed by atoms with van der Waals surface area (Å²) in [6, 6.07) is 2.05. The molecule has 2 aliphatic rings. The van der Waals surface area contributed by atoms with E-state index in [0.717, 1.165) is 56.8 Å². The first-order valence-electron chi connectivity index (χ1n) is 7.92. The molecule has 2 N–H and O–H groups in total. The molecule has 1 aliphatic carbocycles. The third-order valence-corrected chi connectivity index (χ3v) is 4.14. The third-order valence-electron chi connectivity index (χ3n) is 4.14. The number of β-amino-alcohol motifs (C(OH)–C–C–N with tert-alkyl or cyclic N) is 1. The molecule has 1 aliphatic heterocycles. The molecule has 0 radical (unpaired) electrons. The highest BCUT2D eigenvalue weighted by atomic mass is 16.3. The zero-order chi connectivity index (χ0) is 14.7. The second-order valence-electron chi connectivity index (χ2n) is 6.22. The first kappa shape index (κ1) is 14.5. The molecule has 21 heavy (non-hydrogen) atoms. The largest absolute Gasteiger partial charge is 0.392 e. The lowest BCUT2D eigenvalue weighted by Gasteiger charge is -2.35. The second-order valence-corrected chi connectivity index (χ2v) is 6.22. The zero-order valence-corrected chi connectivity index (χ0v) is 12.7. The van der Waals surface area contributed by atoms with Crippen LogP contribution >= 0.6 is 0 Å². The van der Waals surface area contributed by atoms with Crippen LogP contribution in [-0.2, 0) is 0 Å². The Kier molecular flexibility index (Phi) is 4.55. The van der Waals surface area contributed by atoms with Crippen LogP contribution in [0.1, 0.15) is 19.8 Å². The van der Waals surface area contributed by atoms with Crippen molar-refractivity contribution in [1.82, 2.24) is 14.9 Å². The summed E-state index contributed by atoms with van der Waals surface area (Å²) in [5, 5.41) is 12.8. The standard InChI is InChI=1S/C15H25N5O/c1-12(21)10-19-4-6-20(7-5-19)15-8-14(17-11-18-15)16-9-13-2-3-13/h8,11-13,21H,2-7,9-10H2,1H3,(H,16,17,18)/t12-/m1/s1. The van der Waals surface area contributed by atoms with Gasteiger partial charge in [0.05, 0.1) is 6.10 Å². The predicted octanol–water partition coefficient (Wildman–Crippen LogP) is 0.801. The summed E-state index contributed by atoms with van der Waals surface area (Å²) in [7, 11) is 0. The summed E-state index contributed by atoms with van der Waals surface area (Å²) in [5.41, 5.74) is 0. The lowest BCUT2D eigenvalue weighted by molar-refractivity contribution is 0.122. The molecule has 6 heteroatoms. The topological polar surface area (TPSA) is 64.5 Å². The van der Waals surface area contributed by atoms with E-state index in [4.69, 9.17) is 0 Å². The van der Waals surface area contributed by atoms with Crippen LogP contribution in [0.5, 0.6) is 0 Å². The molecule has 0 unspecified atom stereocenters. The van der Waals surface area contributed by atoms with Crippen molar-refractivity contribution in [2.24, 2.45) is 5.92 Å². The van der Waals surface area contributed by atoms with Gasteiger partial charge in [0.1, 0.15) is 18.0 Å². The zero-order valence-electron chi connectivity index (χ0n) is 12.7. The third kappa shape index (κ3) is 4.28. The Balaban J connectivity index is 1.53. The molecule has 2 fully saturated rings. The van der Waals surface area contributed by atoms with Crippen molar-refractivity contribution in [1.29, 1.82) is 0 Å². The van der Waals surface area contributed by atoms with Crippen LogP contribution in [0.2, 0.25) is 0 Å². The Labute approximate surface area is 126 Å². The molecule has 3 rings (SSSR count). The van der Waals surface area contributed by atoms with Gasteiger partial charge in [0.15, 0.2) is 0 Å². The number of nitrogens with one attached hydrogen (secondary N) is 1. The van der Waals surface area contributed by atoms with Gasteiger partial charge < -0.3 is 15.3 Å². The van der Waals surface area contributed by atoms with E-state index in [1.807, 2.05) is 13.0 Å². The van der Waals surface area contributed by atoms with Gasteiger partial charge in [-0.1, -0.05) is 0 Å². The van der Waals surface area contributed by atoms with Gasteiger partial charge in [-0.05, 0) is 25.7 Å². The Hall–Kier alpha value is -1.40. The van der Waals surface area contributed by atoms with Gasteiger partial charge in [-0.25, -0.2) is 9.97 Å². The van der Waals surface area contributed by atoms with Gasteiger partial charge in [0, 0.05) is 45.3 Å². The molecule has 6 nitrogen and oxygen atoms in total. The minimum atomic E-state index is -0.256. The van der Waals surface area contributed by atoms with E-state index < -0.39 is 0 Å². The van der Waals surface area contributed by atoms with E-state index in [1.54, 1.807) is 6.33 Å². The first-order valence-corrected chi connectivity index (χ1v) is 7.92. The minimum Gasteiger partial charge on any atom is -0.392 e. The predicted molar refractivity (Wildman–Crippen MR) is 83.6 cm³/mol. The first-order chi connectivity index (χ1) is 10.2. The smallest absolute Gasteiger partial charge is 0.134 e. The fourth-order valence-corrected chi connectivity index (χ4v) is 2.72. The van der Waals surface area contributed by atoms with Crippen LogP contribution in [0.4, 0.5) is 11.6 Å². The summed E-state index contributed by atoms with van der Waals surface area (Å²) in [5.74, 6) is 2.77. The molecule has 116 valence electrons. The van der Waals surface area contributed by atoms with E-state index in [-0.39, 0.29) is 6.10 Å². The van der Waals surface area contributed by atoms with Crippen molar-refractivity contribution in [2.45, 2.75) is 25.9 Å². The number of rotatable bonds is 6. The summed E-state index contributed by atoms with van der Waals surface area (Å²) in [6.07, 6.45) is 4.08. The molecule has 1 atom stereocenters. The quantitative estimate of drug-likeness (QED) is 0.808. The molecule has 1 aromatic heterocycles. The number of aliphatic hydroxyl groups is 1. The van der Waals surface area contributed by atoms with Crippen LogP contribution in [0.15, 0.2) is 12.4 Å². The van der Waals surface area contributed by atoms with Crippen molar-refractivity contribution in [3.63, 3.8) is 0 Å². The van der Waals surface area contributed by atoms with Crippen LogP contribution in [0, 0.1) is 5.92 Å². The average molecular weight is 291 g/mol. The number of aromatic nitrogens is 2. The number of aliphatic hydroxyl groups excluding tert-OH is 1. The molecular formula is C15H25N5O. The second kappa shape index (κ2) is 6.58. The minimum absolute atomic E-state index is 0.256. The van der Waals surface area contributed by atoms with E-state index >= 15 is 0 Å². The molecule has 0 amide bonds. The molecule has 0 spiro atoms. The normalized spacial score (nSPS) is 21.3. The highest BCUT2D eigenvalue weighted by Crippen LogP contribution is 2.28. The maximum Gasteiger partial charge on any atom is 0.134 e. The van der Waals surface area contributed by atoms with E-state index in [1.165, 1.54) is 12.8 Å². The molecule has 1 aromatic rings. The van der Waals surface area contributed by atoms with Gasteiger partial charge >= 0.3 is 0 Å². The molecule has 0 aromatic carbocycles. The average Bonchev–Trinajstić information content (AvgIpc) is 3.30. The maximum absolute atomic E-state index is 9.45. The lowest BCUT2D eigenvalue weighted by Crippen LogP contribution is -2.48. The highest BCUT2D eigenvalue weighted by Gasteiger charge is 2.22. The lowest BCUT2D eigenvalue weighted by atomic mass is 10.2. The van der Waals surface area contributed by atoms with Gasteiger partial charge in [0.2, 0.25) is 0 Å². The van der Waals surface area contributed by atoms with Gasteiger partial charge in [-0.2, -0.15) is 0 Å². The fourth-order valence-electron chi connectivity index (χ4n) is 2.72. The number of hydrogen-bond acceptors (Lipinski definition) is 6. The molecule has 0 bridgehead atoms. The number of anilines is 2. The molecular weight excluding hydrogens is 266 g/mol. The fraction of sp³-hybridized carbons (Fsp3) is 0.733. The Morgan fingerprint density at radius 3 is 2.71 bits per heavy atom. The Morgan fingerprint density at radius 1 is 1.29 bits per heavy atom. The van der Waals surface area contributed by atoms with Gasteiger partial charge in [-0.3, -0.25) is 4.90 Å². The monoisotopic (exact) mass is 291 g/mol. The summed E-state index contributed by atoms with van der Waals surface area (Å²) in [6.45, 7) is 7.47. The van der Waals surface area contributed by atoms with Gasteiger partial charge in [0.25, 0.3) is 0 Å². The van der Waals surface area contributed by atoms with Crippen molar-refractivity contribution in [3.05, 3.63) is 12.4 Å². The van der Waals surface area contributed by atoms with Crippen LogP contribution in [0.3, 0.4) is 0 Å².